The maximum absolute atomic E-state index is 12.6. The van der Waals surface area contributed by atoms with Gasteiger partial charge >= 0.3 is 0 Å². The molecule has 0 radical (unpaired) electrons. The zero-order valence-corrected chi connectivity index (χ0v) is 16.2. The summed E-state index contributed by atoms with van der Waals surface area (Å²) in [5, 5.41) is 7.05. The van der Waals surface area contributed by atoms with Crippen LogP contribution < -0.4 is 5.32 Å². The first kappa shape index (κ1) is 17.3. The Morgan fingerprint density at radius 3 is 3.08 bits per heavy atom. The number of rotatable bonds is 5. The summed E-state index contributed by atoms with van der Waals surface area (Å²) in [4.78, 5) is 25.2. The summed E-state index contributed by atoms with van der Waals surface area (Å²) in [6, 6.07) is 10.1. The van der Waals surface area contributed by atoms with Crippen LogP contribution in [0.4, 0.5) is 5.82 Å². The van der Waals surface area contributed by atoms with Crippen molar-refractivity contribution in [2.24, 2.45) is 0 Å². The molecular formula is C19H20N4OS2. The lowest BCUT2D eigenvalue weighted by atomic mass is 10.1. The van der Waals surface area contributed by atoms with Crippen LogP contribution in [0.15, 0.2) is 40.9 Å². The molecule has 0 fully saturated rings. The van der Waals surface area contributed by atoms with Crippen LogP contribution in [0.1, 0.15) is 17.4 Å². The Hall–Kier alpha value is -2.12. The molecule has 0 atom stereocenters. The number of carbonyl (C=O) groups is 1. The summed E-state index contributed by atoms with van der Waals surface area (Å²) >= 11 is 3.20. The Labute approximate surface area is 160 Å². The van der Waals surface area contributed by atoms with Crippen LogP contribution in [0.25, 0.3) is 10.9 Å². The van der Waals surface area contributed by atoms with Crippen LogP contribution in [0.2, 0.25) is 0 Å². The lowest BCUT2D eigenvalue weighted by molar-refractivity contribution is -0.129. The molecule has 0 spiro atoms. The van der Waals surface area contributed by atoms with Crippen molar-refractivity contribution < 1.29 is 4.79 Å². The van der Waals surface area contributed by atoms with E-state index >= 15 is 0 Å². The van der Waals surface area contributed by atoms with Crippen LogP contribution in [0.5, 0.6) is 0 Å². The highest BCUT2D eigenvalue weighted by Crippen LogP contribution is 2.27. The molecule has 0 aliphatic carbocycles. The number of aromatic nitrogens is 2. The van der Waals surface area contributed by atoms with Gasteiger partial charge < -0.3 is 10.2 Å². The van der Waals surface area contributed by atoms with Gasteiger partial charge in [0, 0.05) is 29.9 Å². The maximum atomic E-state index is 12.6. The van der Waals surface area contributed by atoms with Crippen LogP contribution in [0.3, 0.4) is 0 Å². The highest BCUT2D eigenvalue weighted by molar-refractivity contribution is 7.99. The van der Waals surface area contributed by atoms with Gasteiger partial charge in [-0.15, -0.1) is 11.3 Å². The Kier molecular flexibility index (Phi) is 5.08. The summed E-state index contributed by atoms with van der Waals surface area (Å²) in [5.41, 5.74) is 2.19. The largest absolute Gasteiger partial charge is 0.370 e. The smallest absolute Gasteiger partial charge is 0.233 e. The van der Waals surface area contributed by atoms with E-state index in [1.54, 1.807) is 11.3 Å². The van der Waals surface area contributed by atoms with E-state index < -0.39 is 0 Å². The van der Waals surface area contributed by atoms with E-state index in [2.05, 4.69) is 26.7 Å². The molecule has 3 aromatic rings. The number of anilines is 1. The zero-order valence-electron chi connectivity index (χ0n) is 14.6. The lowest BCUT2D eigenvalue weighted by Gasteiger charge is -2.26. The standard InChI is InChI=1S/C19H20N4OS2/c1-2-20-18-14-5-3-4-6-15(14)21-19(22-18)26-12-17(24)23-9-7-16-13(11-23)8-10-25-16/h3-6,8,10H,2,7,9,11-12H2,1H3,(H,20,21,22). The van der Waals surface area contributed by atoms with Crippen LogP contribution in [-0.2, 0) is 17.8 Å². The molecule has 1 aromatic carbocycles. The molecule has 1 aliphatic heterocycles. The molecule has 26 heavy (non-hydrogen) atoms. The molecule has 1 N–H and O–H groups in total. The molecular weight excluding hydrogens is 364 g/mol. The number of nitrogens with one attached hydrogen (secondary N) is 1. The quantitative estimate of drug-likeness (QED) is 0.536. The minimum absolute atomic E-state index is 0.147. The van der Waals surface area contributed by atoms with Crippen molar-refractivity contribution in [2.75, 3.05) is 24.2 Å². The molecule has 2 aromatic heterocycles. The van der Waals surface area contributed by atoms with Gasteiger partial charge in [0.15, 0.2) is 5.16 Å². The van der Waals surface area contributed by atoms with E-state index in [4.69, 9.17) is 0 Å². The second kappa shape index (κ2) is 7.63. The van der Waals surface area contributed by atoms with E-state index in [1.165, 1.54) is 22.2 Å². The molecule has 0 bridgehead atoms. The maximum Gasteiger partial charge on any atom is 0.233 e. The van der Waals surface area contributed by atoms with Crippen LogP contribution >= 0.6 is 23.1 Å². The third-order valence-electron chi connectivity index (χ3n) is 4.41. The summed E-state index contributed by atoms with van der Waals surface area (Å²) < 4.78 is 0. The first-order valence-corrected chi connectivity index (χ1v) is 10.6. The number of hydrogen-bond donors (Lipinski definition) is 1. The number of carbonyl (C=O) groups excluding carboxylic acids is 1. The highest BCUT2D eigenvalue weighted by Gasteiger charge is 2.21. The zero-order chi connectivity index (χ0) is 17.9. The first-order valence-electron chi connectivity index (χ1n) is 8.71. The number of fused-ring (bicyclic) bond motifs is 2. The number of thiophene rings is 1. The van der Waals surface area contributed by atoms with E-state index in [0.717, 1.165) is 42.8 Å². The molecule has 0 unspecified atom stereocenters. The molecule has 4 rings (SSSR count). The summed E-state index contributed by atoms with van der Waals surface area (Å²) in [6.07, 6.45) is 0.959. The Balaban J connectivity index is 1.47. The third kappa shape index (κ3) is 3.54. The second-order valence-electron chi connectivity index (χ2n) is 6.13. The van der Waals surface area contributed by atoms with Crippen LogP contribution in [-0.4, -0.2) is 39.6 Å². The van der Waals surface area contributed by atoms with Crippen molar-refractivity contribution in [1.82, 2.24) is 14.9 Å². The third-order valence-corrected chi connectivity index (χ3v) is 6.27. The molecule has 3 heterocycles. The minimum atomic E-state index is 0.147. The van der Waals surface area contributed by atoms with Gasteiger partial charge in [-0.3, -0.25) is 4.79 Å². The van der Waals surface area contributed by atoms with Gasteiger partial charge in [-0.1, -0.05) is 23.9 Å². The van der Waals surface area contributed by atoms with Gasteiger partial charge in [0.1, 0.15) is 5.82 Å². The molecule has 0 saturated carbocycles. The van der Waals surface area contributed by atoms with Crippen molar-refractivity contribution in [2.45, 2.75) is 25.0 Å². The Morgan fingerprint density at radius 2 is 2.19 bits per heavy atom. The monoisotopic (exact) mass is 384 g/mol. The van der Waals surface area contributed by atoms with Gasteiger partial charge in [-0.2, -0.15) is 0 Å². The van der Waals surface area contributed by atoms with E-state index in [0.29, 0.717) is 10.9 Å². The van der Waals surface area contributed by atoms with Gasteiger partial charge in [0.05, 0.1) is 11.3 Å². The van der Waals surface area contributed by atoms with Crippen LogP contribution in [0, 0.1) is 0 Å². The number of thioether (sulfide) groups is 1. The predicted octanol–water partition coefficient (Wildman–Crippen LogP) is 3.80. The Morgan fingerprint density at radius 1 is 1.31 bits per heavy atom. The van der Waals surface area contributed by atoms with Gasteiger partial charge in [0.25, 0.3) is 0 Å². The summed E-state index contributed by atoms with van der Waals surface area (Å²) in [7, 11) is 0. The number of benzene rings is 1. The lowest BCUT2D eigenvalue weighted by Crippen LogP contribution is -2.36. The van der Waals surface area contributed by atoms with Crippen molar-refractivity contribution in [3.8, 4) is 0 Å². The normalized spacial score (nSPS) is 13.7. The molecule has 1 amide bonds. The molecule has 134 valence electrons. The number of nitrogens with zero attached hydrogens (tertiary/aromatic N) is 3. The van der Waals surface area contributed by atoms with Crippen molar-refractivity contribution >= 4 is 45.7 Å². The topological polar surface area (TPSA) is 58.1 Å². The minimum Gasteiger partial charge on any atom is -0.370 e. The summed E-state index contributed by atoms with van der Waals surface area (Å²) in [5.74, 6) is 1.34. The SMILES string of the molecule is CCNc1nc(SCC(=O)N2CCc3sccc3C2)nc2ccccc12. The van der Waals surface area contributed by atoms with E-state index in [-0.39, 0.29) is 5.91 Å². The summed E-state index contributed by atoms with van der Waals surface area (Å²) in [6.45, 7) is 4.36. The van der Waals surface area contributed by atoms with E-state index in [1.807, 2.05) is 36.1 Å². The fourth-order valence-corrected chi connectivity index (χ4v) is 4.74. The average Bonchev–Trinajstić information content (AvgIpc) is 3.14. The van der Waals surface area contributed by atoms with Crippen molar-refractivity contribution in [1.29, 1.82) is 0 Å². The molecule has 0 saturated heterocycles. The van der Waals surface area contributed by atoms with E-state index in [9.17, 15) is 4.79 Å². The first-order chi connectivity index (χ1) is 12.7. The van der Waals surface area contributed by atoms with Gasteiger partial charge in [-0.05, 0) is 42.5 Å². The average molecular weight is 385 g/mol. The molecule has 7 heteroatoms. The second-order valence-corrected chi connectivity index (χ2v) is 8.07. The number of hydrogen-bond acceptors (Lipinski definition) is 6. The number of para-hydroxylation sites is 1. The Bertz CT molecular complexity index is 940. The fraction of sp³-hybridized carbons (Fsp3) is 0.316. The highest BCUT2D eigenvalue weighted by atomic mass is 32.2. The number of amides is 1. The van der Waals surface area contributed by atoms with Crippen molar-refractivity contribution in [3.63, 3.8) is 0 Å². The van der Waals surface area contributed by atoms with Crippen molar-refractivity contribution in [3.05, 3.63) is 46.2 Å². The molecule has 5 nitrogen and oxygen atoms in total. The fourth-order valence-electron chi connectivity index (χ4n) is 3.10. The molecule has 1 aliphatic rings. The van der Waals surface area contributed by atoms with Gasteiger partial charge in [-0.25, -0.2) is 9.97 Å². The predicted molar refractivity (Wildman–Crippen MR) is 108 cm³/mol. The van der Waals surface area contributed by atoms with Gasteiger partial charge in [0.2, 0.25) is 5.91 Å².